The van der Waals surface area contributed by atoms with E-state index in [0.29, 0.717) is 12.5 Å². The summed E-state index contributed by atoms with van der Waals surface area (Å²) in [6, 6.07) is 0.248. The van der Waals surface area contributed by atoms with Crippen molar-refractivity contribution in [3.05, 3.63) is 0 Å². The van der Waals surface area contributed by atoms with Gasteiger partial charge < -0.3 is 16.0 Å². The van der Waals surface area contributed by atoms with Gasteiger partial charge in [0.25, 0.3) is 0 Å². The quantitative estimate of drug-likeness (QED) is 0.447. The van der Waals surface area contributed by atoms with Crippen molar-refractivity contribution in [3.8, 4) is 0 Å². The largest absolute Gasteiger partial charge is 0.370 e. The Morgan fingerprint density at radius 3 is 2.76 bits per heavy atom. The number of likely N-dealkylation sites (tertiary alicyclic amines) is 1. The van der Waals surface area contributed by atoms with Crippen LogP contribution in [0.5, 0.6) is 0 Å². The summed E-state index contributed by atoms with van der Waals surface area (Å²) in [5, 5.41) is 3.14. The molecule has 0 aliphatic carbocycles. The Hall–Kier alpha value is -0.530. The molecule has 1 heterocycles. The molecule has 1 amide bonds. The zero-order chi connectivity index (χ0) is 12.1. The molecule has 1 unspecified atom stereocenters. The Morgan fingerprint density at radius 1 is 1.59 bits per heavy atom. The summed E-state index contributed by atoms with van der Waals surface area (Å²) in [4.78, 5) is 17.7. The van der Waals surface area contributed by atoms with E-state index in [0.717, 1.165) is 19.5 Å². The maximum Gasteiger partial charge on any atom is 0.225 e. The summed E-state index contributed by atoms with van der Waals surface area (Å²) in [6.07, 6.45) is 0.943. The van der Waals surface area contributed by atoms with Crippen LogP contribution < -0.4 is 11.1 Å². The second-order valence-corrected chi connectivity index (χ2v) is 4.43. The molecule has 6 heteroatoms. The Balaban J connectivity index is 0.00000256. The predicted molar refractivity (Wildman–Crippen MR) is 80.5 cm³/mol. The molecule has 5 nitrogen and oxygen atoms in total. The maximum absolute atomic E-state index is 11.7. The zero-order valence-electron chi connectivity index (χ0n) is 10.8. The van der Waals surface area contributed by atoms with Gasteiger partial charge in [0.1, 0.15) is 0 Å². The number of rotatable bonds is 3. The highest BCUT2D eigenvalue weighted by molar-refractivity contribution is 14.0. The molecule has 0 spiro atoms. The van der Waals surface area contributed by atoms with Gasteiger partial charge in [0.05, 0.1) is 0 Å². The normalized spacial score (nSPS) is 20.4. The first-order chi connectivity index (χ1) is 7.54. The van der Waals surface area contributed by atoms with E-state index >= 15 is 0 Å². The van der Waals surface area contributed by atoms with Gasteiger partial charge >= 0.3 is 0 Å². The number of amides is 1. The number of hydrogen-bond donors (Lipinski definition) is 2. The topological polar surface area (TPSA) is 70.7 Å². The van der Waals surface area contributed by atoms with Crippen LogP contribution in [0.15, 0.2) is 4.99 Å². The summed E-state index contributed by atoms with van der Waals surface area (Å²) in [7, 11) is 0. The fourth-order valence-corrected chi connectivity index (χ4v) is 1.87. The van der Waals surface area contributed by atoms with E-state index in [1.54, 1.807) is 0 Å². The van der Waals surface area contributed by atoms with Crippen molar-refractivity contribution < 1.29 is 4.79 Å². The van der Waals surface area contributed by atoms with Gasteiger partial charge in [-0.25, -0.2) is 0 Å². The van der Waals surface area contributed by atoms with Gasteiger partial charge in [-0.2, -0.15) is 0 Å². The zero-order valence-corrected chi connectivity index (χ0v) is 13.1. The van der Waals surface area contributed by atoms with Gasteiger partial charge in [-0.3, -0.25) is 9.79 Å². The Kier molecular flexibility index (Phi) is 7.49. The van der Waals surface area contributed by atoms with Crippen LogP contribution in [-0.4, -0.2) is 42.4 Å². The molecule has 0 radical (unpaired) electrons. The highest BCUT2D eigenvalue weighted by Crippen LogP contribution is 2.12. The van der Waals surface area contributed by atoms with Crippen LogP contribution in [0, 0.1) is 5.92 Å². The van der Waals surface area contributed by atoms with Crippen LogP contribution in [0.25, 0.3) is 0 Å². The molecule has 17 heavy (non-hydrogen) atoms. The molecule has 3 N–H and O–H groups in total. The standard InChI is InChI=1S/C11H22N4O.HI/c1-4-13-11(12)14-9-5-6-15(7-9)10(16)8(2)3;/h8-9H,4-7H2,1-3H3,(H3,12,13,14);1H. The molecule has 0 aromatic heterocycles. The van der Waals surface area contributed by atoms with Crippen LogP contribution in [0.4, 0.5) is 0 Å². The second kappa shape index (κ2) is 7.73. The lowest BCUT2D eigenvalue weighted by Gasteiger charge is -2.19. The fraction of sp³-hybridized carbons (Fsp3) is 0.818. The highest BCUT2D eigenvalue weighted by Gasteiger charge is 2.27. The number of nitrogens with zero attached hydrogens (tertiary/aromatic N) is 2. The molecule has 1 aliphatic heterocycles. The summed E-state index contributed by atoms with van der Waals surface area (Å²) >= 11 is 0. The van der Waals surface area contributed by atoms with Crippen LogP contribution in [0.1, 0.15) is 27.2 Å². The minimum Gasteiger partial charge on any atom is -0.370 e. The smallest absolute Gasteiger partial charge is 0.225 e. The third kappa shape index (κ3) is 5.10. The molecule has 0 bridgehead atoms. The van der Waals surface area contributed by atoms with E-state index in [9.17, 15) is 4.79 Å². The third-order valence-corrected chi connectivity index (χ3v) is 2.67. The lowest BCUT2D eigenvalue weighted by atomic mass is 10.2. The fourth-order valence-electron chi connectivity index (χ4n) is 1.87. The number of aliphatic imine (C=N–C) groups is 1. The minimum absolute atomic E-state index is 0. The molecule has 1 fully saturated rings. The van der Waals surface area contributed by atoms with E-state index < -0.39 is 0 Å². The van der Waals surface area contributed by atoms with Crippen molar-refractivity contribution in [2.75, 3.05) is 19.6 Å². The van der Waals surface area contributed by atoms with Gasteiger partial charge in [0.2, 0.25) is 5.91 Å². The summed E-state index contributed by atoms with van der Waals surface area (Å²) in [6.45, 7) is 8.02. The number of nitrogens with one attached hydrogen (secondary N) is 1. The van der Waals surface area contributed by atoms with Crippen LogP contribution >= 0.6 is 24.0 Å². The average molecular weight is 354 g/mol. The SMILES string of the molecule is CCN=C(N)NC1CCN(C(=O)C(C)C)C1.I. The van der Waals surface area contributed by atoms with Gasteiger partial charge in [0, 0.05) is 31.6 Å². The Bertz CT molecular complexity index is 281. The highest BCUT2D eigenvalue weighted by atomic mass is 127. The van der Waals surface area contributed by atoms with Gasteiger partial charge in [-0.05, 0) is 13.3 Å². The van der Waals surface area contributed by atoms with Crippen molar-refractivity contribution in [3.63, 3.8) is 0 Å². The van der Waals surface area contributed by atoms with E-state index in [4.69, 9.17) is 5.73 Å². The molecule has 1 rings (SSSR count). The molecule has 1 saturated heterocycles. The molecule has 0 saturated carbocycles. The number of carbonyl (C=O) groups excluding carboxylic acids is 1. The van der Waals surface area contributed by atoms with Crippen molar-refractivity contribution in [1.82, 2.24) is 10.2 Å². The van der Waals surface area contributed by atoms with E-state index in [1.165, 1.54) is 0 Å². The van der Waals surface area contributed by atoms with Crippen molar-refractivity contribution in [2.24, 2.45) is 16.6 Å². The number of guanidine groups is 1. The monoisotopic (exact) mass is 354 g/mol. The number of hydrogen-bond acceptors (Lipinski definition) is 2. The van der Waals surface area contributed by atoms with Crippen molar-refractivity contribution in [2.45, 2.75) is 33.2 Å². The van der Waals surface area contributed by atoms with Gasteiger partial charge in [-0.15, -0.1) is 24.0 Å². The van der Waals surface area contributed by atoms with Crippen molar-refractivity contribution >= 4 is 35.8 Å². The molecule has 0 aromatic rings. The molecule has 1 atom stereocenters. The Morgan fingerprint density at radius 2 is 2.24 bits per heavy atom. The third-order valence-electron chi connectivity index (χ3n) is 2.67. The first kappa shape index (κ1) is 16.5. The van der Waals surface area contributed by atoms with Gasteiger partial charge in [0.15, 0.2) is 5.96 Å². The van der Waals surface area contributed by atoms with E-state index in [2.05, 4.69) is 10.3 Å². The molecule has 1 aliphatic rings. The summed E-state index contributed by atoms with van der Waals surface area (Å²) in [5.74, 6) is 0.766. The van der Waals surface area contributed by atoms with Crippen LogP contribution in [0.2, 0.25) is 0 Å². The van der Waals surface area contributed by atoms with E-state index in [1.807, 2.05) is 25.7 Å². The average Bonchev–Trinajstić information content (AvgIpc) is 2.65. The van der Waals surface area contributed by atoms with Gasteiger partial charge in [-0.1, -0.05) is 13.8 Å². The summed E-state index contributed by atoms with van der Waals surface area (Å²) < 4.78 is 0. The lowest BCUT2D eigenvalue weighted by Crippen LogP contribution is -2.42. The molecule has 0 aromatic carbocycles. The van der Waals surface area contributed by atoms with Crippen LogP contribution in [-0.2, 0) is 4.79 Å². The summed E-state index contributed by atoms with van der Waals surface area (Å²) in [5.41, 5.74) is 5.68. The predicted octanol–water partition coefficient (Wildman–Crippen LogP) is 0.786. The molecular formula is C11H23IN4O. The van der Waals surface area contributed by atoms with E-state index in [-0.39, 0.29) is 41.8 Å². The maximum atomic E-state index is 11.7. The second-order valence-electron chi connectivity index (χ2n) is 4.43. The number of halogens is 1. The first-order valence-electron chi connectivity index (χ1n) is 5.89. The molecule has 100 valence electrons. The van der Waals surface area contributed by atoms with Crippen LogP contribution in [0.3, 0.4) is 0 Å². The van der Waals surface area contributed by atoms with Crippen molar-refractivity contribution in [1.29, 1.82) is 0 Å². The molecular weight excluding hydrogens is 331 g/mol. The lowest BCUT2D eigenvalue weighted by molar-refractivity contribution is -0.133. The number of carbonyl (C=O) groups is 1. The first-order valence-corrected chi connectivity index (χ1v) is 5.89. The Labute approximate surface area is 120 Å². The number of nitrogens with two attached hydrogens (primary N) is 1. The minimum atomic E-state index is 0.